The van der Waals surface area contributed by atoms with Crippen LogP contribution in [-0.2, 0) is 4.74 Å². The maximum Gasteiger partial charge on any atom is 0.224 e. The predicted octanol–water partition coefficient (Wildman–Crippen LogP) is 2.37. The molecule has 5 atom stereocenters. The number of aliphatic hydroxyl groups is 3. The van der Waals surface area contributed by atoms with Crippen molar-refractivity contribution in [1.29, 1.82) is 0 Å². The Morgan fingerprint density at radius 1 is 1.14 bits per heavy atom. The van der Waals surface area contributed by atoms with Crippen molar-refractivity contribution in [3.63, 3.8) is 0 Å². The van der Waals surface area contributed by atoms with E-state index in [-0.39, 0.29) is 26.9 Å². The fraction of sp³-hybridized carbons (Fsp3) is 0.294. The Morgan fingerprint density at radius 3 is 2.61 bits per heavy atom. The highest BCUT2D eigenvalue weighted by Gasteiger charge is 2.47. The molecule has 1 fully saturated rings. The second kappa shape index (κ2) is 7.18. The predicted molar refractivity (Wildman–Crippen MR) is 94.8 cm³/mol. The zero-order valence-electron chi connectivity index (χ0n) is 13.9. The molecule has 11 heteroatoms. The molecule has 0 amide bonds. The van der Waals surface area contributed by atoms with Gasteiger partial charge < -0.3 is 24.6 Å². The summed E-state index contributed by atoms with van der Waals surface area (Å²) in [5, 5.41) is 31.0. The summed E-state index contributed by atoms with van der Waals surface area (Å²) in [5.41, 5.74) is 0.133. The first-order valence-electron chi connectivity index (χ1n) is 8.11. The van der Waals surface area contributed by atoms with Crippen LogP contribution in [0.4, 0.5) is 8.78 Å². The molecule has 1 aromatic carbocycles. The van der Waals surface area contributed by atoms with Crippen molar-refractivity contribution in [2.45, 2.75) is 30.6 Å². The molecule has 0 spiro atoms. The first kappa shape index (κ1) is 19.4. The molecule has 7 nitrogen and oxygen atoms in total. The highest BCUT2D eigenvalue weighted by molar-refractivity contribution is 6.30. The maximum atomic E-state index is 14.2. The number of hydrogen-bond donors (Lipinski definition) is 3. The van der Waals surface area contributed by atoms with Gasteiger partial charge in [0.05, 0.1) is 10.4 Å². The van der Waals surface area contributed by atoms with E-state index in [1.807, 2.05) is 0 Å². The summed E-state index contributed by atoms with van der Waals surface area (Å²) in [7, 11) is 0. The van der Waals surface area contributed by atoms with Crippen LogP contribution in [0.1, 0.15) is 17.9 Å². The number of ether oxygens (including phenoxy) is 1. The second-order valence-corrected chi connectivity index (χ2v) is 7.10. The van der Waals surface area contributed by atoms with Crippen molar-refractivity contribution in [1.82, 2.24) is 14.5 Å². The smallest absolute Gasteiger partial charge is 0.224 e. The Labute approximate surface area is 166 Å². The lowest BCUT2D eigenvalue weighted by atomic mass is 9.99. The van der Waals surface area contributed by atoms with Gasteiger partial charge in [0.15, 0.2) is 12.0 Å². The number of aliphatic hydroxyl groups excluding tert-OH is 3. The highest BCUT2D eigenvalue weighted by Crippen LogP contribution is 2.38. The largest absolute Gasteiger partial charge is 0.387 e. The summed E-state index contributed by atoms with van der Waals surface area (Å²) in [6.07, 6.45) is -4.95. The van der Waals surface area contributed by atoms with Crippen LogP contribution in [0.2, 0.25) is 10.3 Å². The SMILES string of the molecule is O[C@@H]1[C@H](O)[C@@H]([C@H](O)c2ccc(Cl)c(F)c2)O[C@H]1n1cc(F)c2cnc(Cl)nc21. The van der Waals surface area contributed by atoms with Gasteiger partial charge in [-0.05, 0) is 29.3 Å². The van der Waals surface area contributed by atoms with Gasteiger partial charge in [-0.25, -0.2) is 13.8 Å². The molecule has 1 aliphatic heterocycles. The Morgan fingerprint density at radius 2 is 1.89 bits per heavy atom. The molecule has 148 valence electrons. The number of aromatic nitrogens is 3. The average Bonchev–Trinajstić information content (AvgIpc) is 3.14. The molecule has 4 rings (SSSR count). The molecule has 2 aromatic heterocycles. The van der Waals surface area contributed by atoms with Gasteiger partial charge in [-0.3, -0.25) is 0 Å². The molecule has 0 saturated carbocycles. The summed E-state index contributed by atoms with van der Waals surface area (Å²) < 4.78 is 34.6. The molecule has 1 aliphatic rings. The molecule has 3 heterocycles. The van der Waals surface area contributed by atoms with E-state index < -0.39 is 42.3 Å². The third-order valence-corrected chi connectivity index (χ3v) is 5.13. The standard InChI is InChI=1S/C17H13Cl2F2N3O4/c18-8-2-1-6(3-9(8)20)11(25)14-12(26)13(27)16(28-14)24-5-10(21)7-4-22-17(19)23-15(7)24/h1-5,11-14,16,25-27H/t11-,12+,13-,14-,16-/m1/s1. The number of rotatable bonds is 3. The minimum absolute atomic E-state index is 0.0402. The molecule has 28 heavy (non-hydrogen) atoms. The lowest BCUT2D eigenvalue weighted by Gasteiger charge is -2.21. The lowest BCUT2D eigenvalue weighted by Crippen LogP contribution is -2.34. The van der Waals surface area contributed by atoms with E-state index in [1.165, 1.54) is 18.3 Å². The van der Waals surface area contributed by atoms with Gasteiger partial charge in [-0.15, -0.1) is 0 Å². The molecule has 0 bridgehead atoms. The third-order valence-electron chi connectivity index (χ3n) is 4.64. The zero-order chi connectivity index (χ0) is 20.2. The van der Waals surface area contributed by atoms with E-state index in [9.17, 15) is 24.1 Å². The van der Waals surface area contributed by atoms with Crippen molar-refractivity contribution < 1.29 is 28.8 Å². The molecule has 0 radical (unpaired) electrons. The summed E-state index contributed by atoms with van der Waals surface area (Å²) in [6, 6.07) is 3.61. The van der Waals surface area contributed by atoms with Crippen LogP contribution in [0, 0.1) is 11.6 Å². The minimum Gasteiger partial charge on any atom is -0.387 e. The molecular weight excluding hydrogens is 419 g/mol. The Bertz CT molecular complexity index is 1050. The summed E-state index contributed by atoms with van der Waals surface area (Å²) >= 11 is 11.4. The maximum absolute atomic E-state index is 14.2. The van der Waals surface area contributed by atoms with Gasteiger partial charge >= 0.3 is 0 Å². The number of benzene rings is 1. The van der Waals surface area contributed by atoms with Gasteiger partial charge in [0.25, 0.3) is 0 Å². The van der Waals surface area contributed by atoms with Crippen LogP contribution in [0.25, 0.3) is 11.0 Å². The Hall–Kier alpha value is -1.88. The topological polar surface area (TPSA) is 101 Å². The molecule has 0 unspecified atom stereocenters. The van der Waals surface area contributed by atoms with Crippen LogP contribution >= 0.6 is 23.2 Å². The summed E-state index contributed by atoms with van der Waals surface area (Å²) in [5.74, 6) is -1.44. The average molecular weight is 432 g/mol. The minimum atomic E-state index is -1.54. The van der Waals surface area contributed by atoms with Gasteiger partial charge in [0, 0.05) is 12.4 Å². The van der Waals surface area contributed by atoms with Gasteiger partial charge in [-0.2, -0.15) is 4.98 Å². The van der Waals surface area contributed by atoms with Crippen LogP contribution in [0.15, 0.2) is 30.6 Å². The molecule has 0 aliphatic carbocycles. The Balaban J connectivity index is 1.68. The normalized spacial score (nSPS) is 26.1. The van der Waals surface area contributed by atoms with Crippen molar-refractivity contribution in [2.75, 3.05) is 0 Å². The fourth-order valence-corrected chi connectivity index (χ4v) is 3.47. The van der Waals surface area contributed by atoms with Gasteiger partial charge in [0.2, 0.25) is 5.28 Å². The Kier molecular flexibility index (Phi) is 4.98. The molecule has 1 saturated heterocycles. The monoisotopic (exact) mass is 431 g/mol. The van der Waals surface area contributed by atoms with E-state index in [1.54, 1.807) is 0 Å². The first-order valence-corrected chi connectivity index (χ1v) is 8.86. The molecular formula is C17H13Cl2F2N3O4. The number of halogens is 4. The summed E-state index contributed by atoms with van der Waals surface area (Å²) in [6.45, 7) is 0. The van der Waals surface area contributed by atoms with Crippen LogP contribution < -0.4 is 0 Å². The van der Waals surface area contributed by atoms with Crippen molar-refractivity contribution in [2.24, 2.45) is 0 Å². The van der Waals surface area contributed by atoms with E-state index in [0.717, 1.165) is 16.8 Å². The van der Waals surface area contributed by atoms with E-state index in [2.05, 4.69) is 9.97 Å². The van der Waals surface area contributed by atoms with Crippen molar-refractivity contribution in [3.8, 4) is 0 Å². The van der Waals surface area contributed by atoms with Crippen molar-refractivity contribution in [3.05, 3.63) is 58.1 Å². The number of hydrogen-bond acceptors (Lipinski definition) is 6. The number of fused-ring (bicyclic) bond motifs is 1. The van der Waals surface area contributed by atoms with Gasteiger partial charge in [0.1, 0.15) is 35.9 Å². The lowest BCUT2D eigenvalue weighted by molar-refractivity contribution is -0.0850. The summed E-state index contributed by atoms with van der Waals surface area (Å²) in [4.78, 5) is 7.63. The highest BCUT2D eigenvalue weighted by atomic mass is 35.5. The second-order valence-electron chi connectivity index (χ2n) is 6.35. The zero-order valence-corrected chi connectivity index (χ0v) is 15.4. The molecule has 3 N–H and O–H groups in total. The fourth-order valence-electron chi connectivity index (χ4n) is 3.23. The van der Waals surface area contributed by atoms with E-state index in [0.29, 0.717) is 0 Å². The number of nitrogens with zero attached hydrogens (tertiary/aromatic N) is 3. The first-order chi connectivity index (χ1) is 13.3. The van der Waals surface area contributed by atoms with E-state index in [4.69, 9.17) is 27.9 Å². The molecule has 3 aromatic rings. The quantitative estimate of drug-likeness (QED) is 0.550. The van der Waals surface area contributed by atoms with Crippen LogP contribution in [0.5, 0.6) is 0 Å². The third kappa shape index (κ3) is 3.14. The van der Waals surface area contributed by atoms with E-state index >= 15 is 0 Å². The van der Waals surface area contributed by atoms with Crippen LogP contribution in [-0.4, -0.2) is 48.2 Å². The van der Waals surface area contributed by atoms with Crippen LogP contribution in [0.3, 0.4) is 0 Å². The van der Waals surface area contributed by atoms with Gasteiger partial charge in [-0.1, -0.05) is 17.7 Å². The van der Waals surface area contributed by atoms with Crippen molar-refractivity contribution >= 4 is 34.2 Å².